The fraction of sp³-hybridized carbons (Fsp3) is 0.600. The first-order valence-corrected chi connectivity index (χ1v) is 6.52. The molecule has 0 bridgehead atoms. The molecule has 2 N–H and O–H groups in total. The summed E-state index contributed by atoms with van der Waals surface area (Å²) in [6.07, 6.45) is 2.19. The zero-order valence-electron chi connectivity index (χ0n) is 11.1. The first-order chi connectivity index (χ1) is 7.99. The molecule has 1 aliphatic carbocycles. The molecule has 2 heteroatoms. The van der Waals surface area contributed by atoms with Crippen molar-refractivity contribution < 1.29 is 4.74 Å². The van der Waals surface area contributed by atoms with E-state index in [1.807, 2.05) is 12.1 Å². The Morgan fingerprint density at radius 1 is 1.29 bits per heavy atom. The van der Waals surface area contributed by atoms with Crippen molar-refractivity contribution in [3.63, 3.8) is 0 Å². The van der Waals surface area contributed by atoms with Crippen LogP contribution in [0.2, 0.25) is 0 Å². The third-order valence-electron chi connectivity index (χ3n) is 3.44. The maximum Gasteiger partial charge on any atom is 0.119 e. The molecule has 2 nitrogen and oxygen atoms in total. The average Bonchev–Trinajstić information content (AvgIpc) is 2.25. The SMILES string of the molecule is CC(C)COc1ccc(C2(N)CC(C)C2)cc1. The van der Waals surface area contributed by atoms with E-state index in [1.165, 1.54) is 5.56 Å². The van der Waals surface area contributed by atoms with Gasteiger partial charge in [0, 0.05) is 5.54 Å². The van der Waals surface area contributed by atoms with Crippen molar-refractivity contribution >= 4 is 0 Å². The van der Waals surface area contributed by atoms with Crippen LogP contribution in [0.1, 0.15) is 39.2 Å². The van der Waals surface area contributed by atoms with E-state index in [9.17, 15) is 0 Å². The van der Waals surface area contributed by atoms with Crippen molar-refractivity contribution in [2.75, 3.05) is 6.61 Å². The zero-order valence-corrected chi connectivity index (χ0v) is 11.1. The van der Waals surface area contributed by atoms with E-state index in [2.05, 4.69) is 32.9 Å². The number of benzene rings is 1. The smallest absolute Gasteiger partial charge is 0.119 e. The van der Waals surface area contributed by atoms with Crippen LogP contribution in [-0.2, 0) is 5.54 Å². The lowest BCUT2D eigenvalue weighted by Gasteiger charge is -2.44. The Bertz CT molecular complexity index is 363. The Morgan fingerprint density at radius 3 is 2.35 bits per heavy atom. The van der Waals surface area contributed by atoms with Gasteiger partial charge in [0.25, 0.3) is 0 Å². The molecule has 0 aliphatic heterocycles. The summed E-state index contributed by atoms with van der Waals surface area (Å²) < 4.78 is 5.67. The van der Waals surface area contributed by atoms with Gasteiger partial charge in [-0.3, -0.25) is 0 Å². The lowest BCUT2D eigenvalue weighted by atomic mass is 9.66. The highest BCUT2D eigenvalue weighted by molar-refractivity contribution is 5.33. The van der Waals surface area contributed by atoms with Gasteiger partial charge in [-0.15, -0.1) is 0 Å². The first kappa shape index (κ1) is 12.4. The molecule has 0 radical (unpaired) electrons. The minimum Gasteiger partial charge on any atom is -0.493 e. The molecule has 0 aromatic heterocycles. The molecular formula is C15H23NO. The molecule has 0 unspecified atom stereocenters. The molecule has 0 heterocycles. The van der Waals surface area contributed by atoms with Crippen LogP contribution in [0, 0.1) is 11.8 Å². The van der Waals surface area contributed by atoms with Crippen LogP contribution in [-0.4, -0.2) is 6.61 Å². The number of ether oxygens (including phenoxy) is 1. The van der Waals surface area contributed by atoms with Crippen molar-refractivity contribution in [1.82, 2.24) is 0 Å². The molecule has 1 fully saturated rings. The molecule has 1 saturated carbocycles. The third-order valence-corrected chi connectivity index (χ3v) is 3.44. The number of nitrogens with two attached hydrogens (primary N) is 1. The van der Waals surface area contributed by atoms with Crippen LogP contribution in [0.15, 0.2) is 24.3 Å². The van der Waals surface area contributed by atoms with E-state index in [1.54, 1.807) is 0 Å². The summed E-state index contributed by atoms with van der Waals surface area (Å²) in [6.45, 7) is 7.33. The largest absolute Gasteiger partial charge is 0.493 e. The quantitative estimate of drug-likeness (QED) is 0.866. The molecule has 0 spiro atoms. The van der Waals surface area contributed by atoms with E-state index in [0.717, 1.165) is 31.1 Å². The van der Waals surface area contributed by atoms with Crippen molar-refractivity contribution in [1.29, 1.82) is 0 Å². The molecule has 0 saturated heterocycles. The summed E-state index contributed by atoms with van der Waals surface area (Å²) in [6, 6.07) is 8.30. The minimum absolute atomic E-state index is 0.0873. The van der Waals surface area contributed by atoms with Crippen molar-refractivity contribution in [3.8, 4) is 5.75 Å². The molecule has 1 aromatic rings. The number of hydrogen-bond acceptors (Lipinski definition) is 2. The second kappa shape index (κ2) is 4.69. The van der Waals surface area contributed by atoms with Gasteiger partial charge in [0.15, 0.2) is 0 Å². The molecule has 1 aromatic carbocycles. The molecule has 17 heavy (non-hydrogen) atoms. The molecule has 2 rings (SSSR count). The lowest BCUT2D eigenvalue weighted by molar-refractivity contribution is 0.163. The van der Waals surface area contributed by atoms with Crippen molar-refractivity contribution in [3.05, 3.63) is 29.8 Å². The number of hydrogen-bond donors (Lipinski definition) is 1. The Labute approximate surface area is 104 Å². The topological polar surface area (TPSA) is 35.2 Å². The maximum atomic E-state index is 6.35. The molecule has 0 atom stereocenters. The van der Waals surface area contributed by atoms with Crippen LogP contribution in [0.5, 0.6) is 5.75 Å². The van der Waals surface area contributed by atoms with Gasteiger partial charge in [-0.05, 0) is 42.4 Å². The predicted molar refractivity (Wildman–Crippen MR) is 71.0 cm³/mol. The Kier molecular flexibility index (Phi) is 3.43. The van der Waals surface area contributed by atoms with Gasteiger partial charge in [0.05, 0.1) is 6.61 Å². The normalized spacial score (nSPS) is 27.9. The van der Waals surface area contributed by atoms with Gasteiger partial charge in [0.1, 0.15) is 5.75 Å². The van der Waals surface area contributed by atoms with E-state index in [0.29, 0.717) is 5.92 Å². The third kappa shape index (κ3) is 2.81. The highest BCUT2D eigenvalue weighted by Gasteiger charge is 2.39. The van der Waals surface area contributed by atoms with Gasteiger partial charge < -0.3 is 10.5 Å². The standard InChI is InChI=1S/C15H23NO/c1-11(2)10-17-14-6-4-13(5-7-14)15(16)8-12(3)9-15/h4-7,11-12H,8-10,16H2,1-3H3. The second-order valence-electron chi connectivity index (χ2n) is 5.90. The Balaban J connectivity index is 1.98. The zero-order chi connectivity index (χ0) is 12.5. The highest BCUT2D eigenvalue weighted by Crippen LogP contribution is 2.43. The fourth-order valence-corrected chi connectivity index (χ4v) is 2.57. The summed E-state index contributed by atoms with van der Waals surface area (Å²) in [5.41, 5.74) is 7.50. The Hall–Kier alpha value is -1.02. The monoisotopic (exact) mass is 233 g/mol. The maximum absolute atomic E-state index is 6.35. The van der Waals surface area contributed by atoms with Gasteiger partial charge in [-0.2, -0.15) is 0 Å². The first-order valence-electron chi connectivity index (χ1n) is 6.52. The molecule has 0 amide bonds. The van der Waals surface area contributed by atoms with Gasteiger partial charge in [-0.1, -0.05) is 32.9 Å². The molecular weight excluding hydrogens is 210 g/mol. The summed E-state index contributed by atoms with van der Waals surface area (Å²) in [5.74, 6) is 2.26. The Morgan fingerprint density at radius 2 is 1.88 bits per heavy atom. The van der Waals surface area contributed by atoms with Crippen molar-refractivity contribution in [2.45, 2.75) is 39.2 Å². The van der Waals surface area contributed by atoms with E-state index in [-0.39, 0.29) is 5.54 Å². The van der Waals surface area contributed by atoms with Crippen LogP contribution in [0.25, 0.3) is 0 Å². The van der Waals surface area contributed by atoms with Gasteiger partial charge >= 0.3 is 0 Å². The van der Waals surface area contributed by atoms with Crippen LogP contribution in [0.4, 0.5) is 0 Å². The van der Waals surface area contributed by atoms with E-state index >= 15 is 0 Å². The second-order valence-corrected chi connectivity index (χ2v) is 5.90. The van der Waals surface area contributed by atoms with E-state index in [4.69, 9.17) is 10.5 Å². The highest BCUT2D eigenvalue weighted by atomic mass is 16.5. The average molecular weight is 233 g/mol. The summed E-state index contributed by atoms with van der Waals surface area (Å²) in [5, 5.41) is 0. The van der Waals surface area contributed by atoms with Crippen LogP contribution >= 0.6 is 0 Å². The molecule has 1 aliphatic rings. The fourth-order valence-electron chi connectivity index (χ4n) is 2.57. The lowest BCUT2D eigenvalue weighted by Crippen LogP contribution is -2.47. The molecule has 94 valence electrons. The number of rotatable bonds is 4. The van der Waals surface area contributed by atoms with Crippen LogP contribution < -0.4 is 10.5 Å². The van der Waals surface area contributed by atoms with Gasteiger partial charge in [-0.25, -0.2) is 0 Å². The predicted octanol–water partition coefficient (Wildman–Crippen LogP) is 3.31. The van der Waals surface area contributed by atoms with Crippen LogP contribution in [0.3, 0.4) is 0 Å². The summed E-state index contributed by atoms with van der Waals surface area (Å²) in [4.78, 5) is 0. The minimum atomic E-state index is -0.0873. The van der Waals surface area contributed by atoms with Gasteiger partial charge in [0.2, 0.25) is 0 Å². The van der Waals surface area contributed by atoms with Crippen molar-refractivity contribution in [2.24, 2.45) is 17.6 Å². The summed E-state index contributed by atoms with van der Waals surface area (Å²) in [7, 11) is 0. The summed E-state index contributed by atoms with van der Waals surface area (Å²) >= 11 is 0. The van der Waals surface area contributed by atoms with E-state index < -0.39 is 0 Å².